The van der Waals surface area contributed by atoms with Crippen LogP contribution in [0.25, 0.3) is 0 Å². The van der Waals surface area contributed by atoms with E-state index in [2.05, 4.69) is 26.6 Å². The van der Waals surface area contributed by atoms with E-state index in [0.717, 1.165) is 22.2 Å². The molecule has 0 saturated heterocycles. The van der Waals surface area contributed by atoms with Gasteiger partial charge in [-0.2, -0.15) is 0 Å². The minimum Gasteiger partial charge on any atom is -0.394 e. The normalized spacial score (nSPS) is 18.3. The van der Waals surface area contributed by atoms with Crippen LogP contribution in [0.2, 0.25) is 5.02 Å². The van der Waals surface area contributed by atoms with Crippen molar-refractivity contribution in [3.8, 4) is 0 Å². The monoisotopic (exact) mass is 587 g/mol. The maximum Gasteiger partial charge on any atom is 0.257 e. The first-order valence-electron chi connectivity index (χ1n) is 9.79. The minimum absolute atomic E-state index is 0.0502. The van der Waals surface area contributed by atoms with Crippen molar-refractivity contribution < 1.29 is 18.4 Å². The average molecular weight is 590 g/mol. The number of rotatable bonds is 5. The van der Waals surface area contributed by atoms with Crippen LogP contribution in [0, 0.1) is 17.6 Å². The molecule has 34 heavy (non-hydrogen) atoms. The standard InChI is InChI=1S/C23H15BrCl3F2N3O2/c24-11-3-1-10(2-4-11)17-18(23(17,26)27)22(34)31-12-5-6-14(25)13(9-12)21(33)32-16-8-7-15(28)20(30)19(16)29/h1-9,17-18H,30H2,(H,31,34)(H,32,33)/t17-,18+/m0/s1. The average Bonchev–Trinajstić information content (AvgIpc) is 3.37. The lowest BCUT2D eigenvalue weighted by atomic mass is 10.1. The second-order valence-electron chi connectivity index (χ2n) is 7.64. The highest BCUT2D eigenvalue weighted by atomic mass is 79.9. The maximum atomic E-state index is 14.2. The van der Waals surface area contributed by atoms with Crippen LogP contribution in [0.3, 0.4) is 0 Å². The van der Waals surface area contributed by atoms with Crippen molar-refractivity contribution in [2.45, 2.75) is 10.3 Å². The molecule has 1 aliphatic rings. The molecule has 1 saturated carbocycles. The molecule has 0 radical (unpaired) electrons. The van der Waals surface area contributed by atoms with Crippen LogP contribution < -0.4 is 16.4 Å². The fourth-order valence-electron chi connectivity index (χ4n) is 3.59. The number of halogens is 6. The summed E-state index contributed by atoms with van der Waals surface area (Å²) in [6.07, 6.45) is 0. The summed E-state index contributed by atoms with van der Waals surface area (Å²) in [5, 5.41) is 5.03. The molecule has 2 atom stereocenters. The van der Waals surface area contributed by atoms with Gasteiger partial charge in [0.1, 0.15) is 15.8 Å². The van der Waals surface area contributed by atoms with E-state index in [0.29, 0.717) is 0 Å². The number of nitrogen functional groups attached to an aromatic ring is 1. The van der Waals surface area contributed by atoms with Crippen LogP contribution in [0.15, 0.2) is 59.1 Å². The lowest BCUT2D eigenvalue weighted by molar-refractivity contribution is -0.117. The first-order valence-corrected chi connectivity index (χ1v) is 11.7. The summed E-state index contributed by atoms with van der Waals surface area (Å²) in [6, 6.07) is 13.5. The number of nitrogens with two attached hydrogens (primary N) is 1. The van der Waals surface area contributed by atoms with Gasteiger partial charge in [-0.25, -0.2) is 8.78 Å². The smallest absolute Gasteiger partial charge is 0.257 e. The van der Waals surface area contributed by atoms with E-state index in [-0.39, 0.29) is 22.0 Å². The second kappa shape index (κ2) is 9.34. The molecule has 4 N–H and O–H groups in total. The molecule has 2 amide bonds. The van der Waals surface area contributed by atoms with Gasteiger partial charge in [0.15, 0.2) is 5.82 Å². The largest absolute Gasteiger partial charge is 0.394 e. The molecule has 0 unspecified atom stereocenters. The fraction of sp³-hybridized carbons (Fsp3) is 0.130. The van der Waals surface area contributed by atoms with Crippen molar-refractivity contribution in [3.63, 3.8) is 0 Å². The lowest BCUT2D eigenvalue weighted by Gasteiger charge is -2.11. The van der Waals surface area contributed by atoms with Gasteiger partial charge in [0.25, 0.3) is 5.91 Å². The highest BCUT2D eigenvalue weighted by Crippen LogP contribution is 2.65. The topological polar surface area (TPSA) is 84.2 Å². The number of hydrogen-bond donors (Lipinski definition) is 3. The molecule has 0 aliphatic heterocycles. The summed E-state index contributed by atoms with van der Waals surface area (Å²) in [4.78, 5) is 25.6. The molecule has 3 aromatic rings. The molecule has 0 bridgehead atoms. The van der Waals surface area contributed by atoms with E-state index in [4.69, 9.17) is 40.5 Å². The number of anilines is 3. The van der Waals surface area contributed by atoms with Crippen molar-refractivity contribution >= 4 is 79.6 Å². The highest BCUT2D eigenvalue weighted by Gasteiger charge is 2.67. The van der Waals surface area contributed by atoms with Crippen LogP contribution in [0.5, 0.6) is 0 Å². The van der Waals surface area contributed by atoms with Crippen molar-refractivity contribution in [1.29, 1.82) is 0 Å². The van der Waals surface area contributed by atoms with Crippen LogP contribution in [-0.4, -0.2) is 16.1 Å². The van der Waals surface area contributed by atoms with E-state index in [9.17, 15) is 18.4 Å². The van der Waals surface area contributed by atoms with Crippen molar-refractivity contribution in [1.82, 2.24) is 0 Å². The number of nitrogens with one attached hydrogen (secondary N) is 2. The minimum atomic E-state index is -1.29. The zero-order valence-electron chi connectivity index (χ0n) is 17.0. The van der Waals surface area contributed by atoms with Crippen LogP contribution >= 0.6 is 50.7 Å². The Bertz CT molecular complexity index is 1310. The Morgan fingerprint density at radius 1 is 1.00 bits per heavy atom. The first-order chi connectivity index (χ1) is 16.0. The summed E-state index contributed by atoms with van der Waals surface area (Å²) >= 11 is 22.2. The molecule has 3 aromatic carbocycles. The predicted molar refractivity (Wildman–Crippen MR) is 134 cm³/mol. The van der Waals surface area contributed by atoms with Gasteiger partial charge in [-0.05, 0) is 48.0 Å². The van der Waals surface area contributed by atoms with Gasteiger partial charge in [-0.1, -0.05) is 39.7 Å². The van der Waals surface area contributed by atoms with Gasteiger partial charge < -0.3 is 16.4 Å². The van der Waals surface area contributed by atoms with E-state index in [1.54, 1.807) is 0 Å². The Kier molecular flexibility index (Phi) is 6.79. The molecule has 4 rings (SSSR count). The number of benzene rings is 3. The van der Waals surface area contributed by atoms with Crippen LogP contribution in [-0.2, 0) is 4.79 Å². The Morgan fingerprint density at radius 3 is 2.35 bits per heavy atom. The quantitative estimate of drug-likeness (QED) is 0.228. The third kappa shape index (κ3) is 4.73. The molecule has 1 aliphatic carbocycles. The molecule has 5 nitrogen and oxygen atoms in total. The second-order valence-corrected chi connectivity index (χ2v) is 10.4. The number of carbonyl (C=O) groups is 2. The molecular weight excluding hydrogens is 575 g/mol. The highest BCUT2D eigenvalue weighted by molar-refractivity contribution is 9.10. The predicted octanol–water partition coefficient (Wildman–Crippen LogP) is 6.74. The van der Waals surface area contributed by atoms with E-state index in [1.165, 1.54) is 18.2 Å². The summed E-state index contributed by atoms with van der Waals surface area (Å²) in [6.45, 7) is 0. The molecular formula is C23H15BrCl3F2N3O2. The first kappa shape index (κ1) is 24.7. The molecule has 11 heteroatoms. The SMILES string of the molecule is Nc1c(F)ccc(NC(=O)c2cc(NC(=O)[C@H]3[C@H](c4ccc(Br)cc4)C3(Cl)Cl)ccc2Cl)c1F. The third-order valence-corrected chi connectivity index (χ3v) is 7.22. The van der Waals surface area contributed by atoms with Gasteiger partial charge in [0.05, 0.1) is 22.2 Å². The fourth-order valence-corrected chi connectivity index (χ4v) is 4.89. The summed E-state index contributed by atoms with van der Waals surface area (Å²) in [5.41, 5.74) is 5.29. The van der Waals surface area contributed by atoms with Crippen molar-refractivity contribution in [2.24, 2.45) is 5.92 Å². The van der Waals surface area contributed by atoms with Crippen LogP contribution in [0.4, 0.5) is 25.8 Å². The molecule has 1 fully saturated rings. The number of hydrogen-bond acceptors (Lipinski definition) is 3. The molecule has 0 spiro atoms. The third-order valence-electron chi connectivity index (χ3n) is 5.42. The van der Waals surface area contributed by atoms with E-state index < -0.39 is 45.3 Å². The summed E-state index contributed by atoms with van der Waals surface area (Å²) in [5.74, 6) is -4.41. The summed E-state index contributed by atoms with van der Waals surface area (Å²) in [7, 11) is 0. The Morgan fingerprint density at radius 2 is 1.68 bits per heavy atom. The van der Waals surface area contributed by atoms with Crippen LogP contribution in [0.1, 0.15) is 21.8 Å². The molecule has 0 heterocycles. The zero-order valence-corrected chi connectivity index (χ0v) is 20.9. The van der Waals surface area contributed by atoms with Gasteiger partial charge >= 0.3 is 0 Å². The van der Waals surface area contributed by atoms with E-state index >= 15 is 0 Å². The summed E-state index contributed by atoms with van der Waals surface area (Å²) < 4.78 is 27.1. The maximum absolute atomic E-state index is 14.2. The molecule has 176 valence electrons. The zero-order chi connectivity index (χ0) is 24.8. The Hall–Kier alpha value is -2.39. The Labute approximate surface area is 216 Å². The van der Waals surface area contributed by atoms with Crippen molar-refractivity contribution in [3.05, 3.63) is 86.9 Å². The number of amides is 2. The van der Waals surface area contributed by atoms with Gasteiger partial charge in [0.2, 0.25) is 5.91 Å². The van der Waals surface area contributed by atoms with E-state index in [1.807, 2.05) is 24.3 Å². The van der Waals surface area contributed by atoms with Gasteiger partial charge in [-0.15, -0.1) is 23.2 Å². The van der Waals surface area contributed by atoms with Gasteiger partial charge in [-0.3, -0.25) is 9.59 Å². The molecule has 0 aromatic heterocycles. The number of carbonyl (C=O) groups excluding carboxylic acids is 2. The number of alkyl halides is 2. The van der Waals surface area contributed by atoms with Gasteiger partial charge in [0, 0.05) is 16.1 Å². The Balaban J connectivity index is 1.51. The lowest BCUT2D eigenvalue weighted by Crippen LogP contribution is -2.18. The van der Waals surface area contributed by atoms with Crippen molar-refractivity contribution in [2.75, 3.05) is 16.4 Å².